The maximum Gasteiger partial charge on any atom is 0.251 e. The van der Waals surface area contributed by atoms with Crippen LogP contribution in [0.25, 0.3) is 0 Å². The van der Waals surface area contributed by atoms with E-state index in [0.29, 0.717) is 5.56 Å². The van der Waals surface area contributed by atoms with E-state index in [9.17, 15) is 9.90 Å². The number of hydrogen-bond donors (Lipinski definition) is 2. The van der Waals surface area contributed by atoms with Gasteiger partial charge in [0, 0.05) is 12.1 Å². The van der Waals surface area contributed by atoms with Crippen LogP contribution in [-0.2, 0) is 0 Å². The van der Waals surface area contributed by atoms with Gasteiger partial charge in [-0.2, -0.15) is 0 Å². The molecular formula is C29H51NO2. The predicted molar refractivity (Wildman–Crippen MR) is 138 cm³/mol. The van der Waals surface area contributed by atoms with E-state index in [4.69, 9.17) is 0 Å². The zero-order valence-electron chi connectivity index (χ0n) is 21.0. The van der Waals surface area contributed by atoms with Gasteiger partial charge in [0.05, 0.1) is 0 Å². The highest BCUT2D eigenvalue weighted by Crippen LogP contribution is 2.15. The largest absolute Gasteiger partial charge is 0.508 e. The molecule has 0 aliphatic heterocycles. The Bertz CT molecular complexity index is 541. The molecule has 1 amide bonds. The first kappa shape index (κ1) is 28.5. The number of amides is 1. The fraction of sp³-hybridized carbons (Fsp3) is 0.759. The molecule has 0 bridgehead atoms. The third-order valence-electron chi connectivity index (χ3n) is 6.45. The van der Waals surface area contributed by atoms with Gasteiger partial charge in [0.1, 0.15) is 5.75 Å². The van der Waals surface area contributed by atoms with Gasteiger partial charge in [0.15, 0.2) is 0 Å². The molecule has 0 heterocycles. The second-order valence-corrected chi connectivity index (χ2v) is 9.52. The lowest BCUT2D eigenvalue weighted by Gasteiger charge is -2.06. The van der Waals surface area contributed by atoms with Crippen molar-refractivity contribution in [2.24, 2.45) is 0 Å². The quantitative estimate of drug-likeness (QED) is 0.175. The molecular weight excluding hydrogens is 394 g/mol. The summed E-state index contributed by atoms with van der Waals surface area (Å²) in [4.78, 5) is 12.0. The van der Waals surface area contributed by atoms with Crippen molar-refractivity contribution < 1.29 is 9.90 Å². The van der Waals surface area contributed by atoms with Gasteiger partial charge in [0.2, 0.25) is 0 Å². The Morgan fingerprint density at radius 3 is 1.31 bits per heavy atom. The summed E-state index contributed by atoms with van der Waals surface area (Å²) in [6.07, 6.45) is 27.6. The molecule has 0 aromatic heterocycles. The molecule has 1 aromatic rings. The van der Waals surface area contributed by atoms with Gasteiger partial charge in [-0.3, -0.25) is 4.79 Å². The molecule has 2 N–H and O–H groups in total. The molecule has 0 unspecified atom stereocenters. The van der Waals surface area contributed by atoms with Crippen LogP contribution in [0, 0.1) is 0 Å². The number of unbranched alkanes of at least 4 members (excludes halogenated alkanes) is 19. The zero-order valence-corrected chi connectivity index (χ0v) is 21.0. The van der Waals surface area contributed by atoms with E-state index in [1.807, 2.05) is 0 Å². The van der Waals surface area contributed by atoms with Gasteiger partial charge in [0.25, 0.3) is 5.91 Å². The maximum atomic E-state index is 12.0. The van der Waals surface area contributed by atoms with Gasteiger partial charge in [-0.25, -0.2) is 0 Å². The van der Waals surface area contributed by atoms with Crippen LogP contribution in [0.5, 0.6) is 5.75 Å². The third kappa shape index (κ3) is 17.1. The number of aromatic hydroxyl groups is 1. The van der Waals surface area contributed by atoms with E-state index in [1.165, 1.54) is 122 Å². The van der Waals surface area contributed by atoms with Crippen LogP contribution >= 0.6 is 0 Å². The van der Waals surface area contributed by atoms with Crippen molar-refractivity contribution in [2.45, 2.75) is 135 Å². The Balaban J connectivity index is 1.73. The molecule has 1 rings (SSSR count). The van der Waals surface area contributed by atoms with Crippen LogP contribution in [0.3, 0.4) is 0 Å². The van der Waals surface area contributed by atoms with Crippen molar-refractivity contribution in [2.75, 3.05) is 6.54 Å². The highest BCUT2D eigenvalue weighted by molar-refractivity contribution is 5.94. The van der Waals surface area contributed by atoms with Crippen molar-refractivity contribution in [3.63, 3.8) is 0 Å². The van der Waals surface area contributed by atoms with Crippen LogP contribution < -0.4 is 5.32 Å². The summed E-state index contributed by atoms with van der Waals surface area (Å²) in [7, 11) is 0. The van der Waals surface area contributed by atoms with E-state index in [2.05, 4.69) is 12.2 Å². The summed E-state index contributed by atoms with van der Waals surface area (Å²) in [5.41, 5.74) is 0.607. The van der Waals surface area contributed by atoms with Crippen molar-refractivity contribution in [3.05, 3.63) is 29.8 Å². The number of benzene rings is 1. The zero-order chi connectivity index (χ0) is 23.1. The first-order valence-corrected chi connectivity index (χ1v) is 13.8. The Morgan fingerprint density at radius 1 is 0.594 bits per heavy atom. The molecule has 0 atom stereocenters. The Kier molecular flexibility index (Phi) is 19.0. The fourth-order valence-corrected chi connectivity index (χ4v) is 4.30. The molecule has 0 radical (unpaired) electrons. The van der Waals surface area contributed by atoms with Crippen molar-refractivity contribution in [3.8, 4) is 5.75 Å². The lowest BCUT2D eigenvalue weighted by Crippen LogP contribution is -2.24. The summed E-state index contributed by atoms with van der Waals surface area (Å²) in [5.74, 6) is 0.137. The van der Waals surface area contributed by atoms with Gasteiger partial charge in [-0.15, -0.1) is 0 Å². The summed E-state index contributed by atoms with van der Waals surface area (Å²) in [6.45, 7) is 3.02. The second kappa shape index (κ2) is 21.3. The standard InChI is InChI=1S/C29H51NO2/c1-2-3-4-5-6-7-8-9-10-11-12-13-14-15-16-17-18-19-20-21-26-30-29(32)27-22-24-28(31)25-23-27/h22-25,31H,2-21,26H2,1H3,(H,30,32). The predicted octanol–water partition coefficient (Wildman–Crippen LogP) is 8.94. The molecule has 3 heteroatoms. The van der Waals surface area contributed by atoms with Crippen LogP contribution in [-0.4, -0.2) is 17.6 Å². The summed E-state index contributed by atoms with van der Waals surface area (Å²) < 4.78 is 0. The van der Waals surface area contributed by atoms with Crippen LogP contribution in [0.2, 0.25) is 0 Å². The average Bonchev–Trinajstić information content (AvgIpc) is 2.80. The molecule has 0 saturated heterocycles. The monoisotopic (exact) mass is 445 g/mol. The lowest BCUT2D eigenvalue weighted by molar-refractivity contribution is 0.0953. The molecule has 0 aliphatic rings. The van der Waals surface area contributed by atoms with E-state index in [0.717, 1.165) is 13.0 Å². The second-order valence-electron chi connectivity index (χ2n) is 9.52. The van der Waals surface area contributed by atoms with Crippen molar-refractivity contribution in [1.29, 1.82) is 0 Å². The maximum absolute atomic E-state index is 12.0. The minimum absolute atomic E-state index is 0.0530. The Hall–Kier alpha value is -1.51. The van der Waals surface area contributed by atoms with Crippen molar-refractivity contribution in [1.82, 2.24) is 5.32 Å². The Labute approximate surface area is 198 Å². The fourth-order valence-electron chi connectivity index (χ4n) is 4.30. The number of phenolic OH excluding ortho intramolecular Hbond substituents is 1. The minimum atomic E-state index is -0.0530. The van der Waals surface area contributed by atoms with Gasteiger partial charge >= 0.3 is 0 Å². The molecule has 0 aliphatic carbocycles. The smallest absolute Gasteiger partial charge is 0.251 e. The Morgan fingerprint density at radius 2 is 0.938 bits per heavy atom. The number of hydrogen-bond acceptors (Lipinski definition) is 2. The topological polar surface area (TPSA) is 49.3 Å². The highest BCUT2D eigenvalue weighted by atomic mass is 16.3. The molecule has 0 fully saturated rings. The summed E-state index contributed by atoms with van der Waals surface area (Å²) in [6, 6.07) is 6.41. The average molecular weight is 446 g/mol. The number of carbonyl (C=O) groups is 1. The van der Waals surface area contributed by atoms with E-state index >= 15 is 0 Å². The number of nitrogens with one attached hydrogen (secondary N) is 1. The SMILES string of the molecule is CCCCCCCCCCCCCCCCCCCCCCNC(=O)c1ccc(O)cc1. The van der Waals surface area contributed by atoms with E-state index in [1.54, 1.807) is 24.3 Å². The summed E-state index contributed by atoms with van der Waals surface area (Å²) in [5, 5.41) is 12.2. The molecule has 0 spiro atoms. The number of phenols is 1. The molecule has 1 aromatic carbocycles. The van der Waals surface area contributed by atoms with Crippen LogP contribution in [0.15, 0.2) is 24.3 Å². The molecule has 0 saturated carbocycles. The lowest BCUT2D eigenvalue weighted by atomic mass is 10.0. The normalized spacial score (nSPS) is 11.0. The van der Waals surface area contributed by atoms with E-state index in [-0.39, 0.29) is 11.7 Å². The number of rotatable bonds is 22. The first-order valence-electron chi connectivity index (χ1n) is 13.8. The number of carbonyl (C=O) groups excluding carboxylic acids is 1. The van der Waals surface area contributed by atoms with Crippen LogP contribution in [0.1, 0.15) is 146 Å². The highest BCUT2D eigenvalue weighted by Gasteiger charge is 2.04. The van der Waals surface area contributed by atoms with Gasteiger partial charge in [-0.05, 0) is 30.7 Å². The minimum Gasteiger partial charge on any atom is -0.508 e. The van der Waals surface area contributed by atoms with E-state index < -0.39 is 0 Å². The van der Waals surface area contributed by atoms with Gasteiger partial charge in [-0.1, -0.05) is 129 Å². The molecule has 3 nitrogen and oxygen atoms in total. The summed E-state index contributed by atoms with van der Waals surface area (Å²) >= 11 is 0. The first-order chi connectivity index (χ1) is 15.7. The van der Waals surface area contributed by atoms with Crippen molar-refractivity contribution >= 4 is 5.91 Å². The van der Waals surface area contributed by atoms with Crippen LogP contribution in [0.4, 0.5) is 0 Å². The third-order valence-corrected chi connectivity index (χ3v) is 6.45. The van der Waals surface area contributed by atoms with Gasteiger partial charge < -0.3 is 10.4 Å². The molecule has 32 heavy (non-hydrogen) atoms. The molecule has 184 valence electrons.